The van der Waals surface area contributed by atoms with Crippen molar-refractivity contribution in [3.63, 3.8) is 0 Å². The van der Waals surface area contributed by atoms with Gasteiger partial charge in [-0.15, -0.1) is 0 Å². The normalized spacial score (nSPS) is 10.9. The van der Waals surface area contributed by atoms with E-state index in [1.165, 1.54) is 18.3 Å². The third kappa shape index (κ3) is 3.73. The van der Waals surface area contributed by atoms with Gasteiger partial charge in [-0.1, -0.05) is 42.0 Å². The summed E-state index contributed by atoms with van der Waals surface area (Å²) in [4.78, 5) is 12.0. The maximum absolute atomic E-state index is 12.8. The highest BCUT2D eigenvalue weighted by Gasteiger charge is 2.10. The van der Waals surface area contributed by atoms with Gasteiger partial charge in [0.15, 0.2) is 0 Å². The van der Waals surface area contributed by atoms with Crippen LogP contribution in [0.2, 0.25) is 0 Å². The molecular weight excluding hydrogens is 307 g/mol. The molecule has 0 unspecified atom stereocenters. The molecule has 0 atom stereocenters. The molecular formula is C18H15FN4O. The van der Waals surface area contributed by atoms with Crippen LogP contribution >= 0.6 is 0 Å². The van der Waals surface area contributed by atoms with E-state index >= 15 is 0 Å². The van der Waals surface area contributed by atoms with Crippen LogP contribution in [-0.2, 0) is 0 Å². The molecule has 6 heteroatoms. The second-order valence-corrected chi connectivity index (χ2v) is 5.28. The SMILES string of the molecule is Cc1ccc(-c2cc(C(=O)N/N=C/c3ccc(F)cc3)[nH]n2)cc1. The Morgan fingerprint density at radius 3 is 2.58 bits per heavy atom. The highest BCUT2D eigenvalue weighted by atomic mass is 19.1. The second-order valence-electron chi connectivity index (χ2n) is 5.28. The van der Waals surface area contributed by atoms with Crippen molar-refractivity contribution >= 4 is 12.1 Å². The first-order valence-corrected chi connectivity index (χ1v) is 7.33. The maximum Gasteiger partial charge on any atom is 0.289 e. The second kappa shape index (κ2) is 6.87. The molecule has 0 fully saturated rings. The Kier molecular flexibility index (Phi) is 4.47. The van der Waals surface area contributed by atoms with Gasteiger partial charge in [-0.05, 0) is 30.7 Å². The fourth-order valence-electron chi connectivity index (χ4n) is 2.08. The van der Waals surface area contributed by atoms with Gasteiger partial charge in [0.2, 0.25) is 0 Å². The van der Waals surface area contributed by atoms with Crippen LogP contribution in [0.5, 0.6) is 0 Å². The lowest BCUT2D eigenvalue weighted by atomic mass is 10.1. The Morgan fingerprint density at radius 2 is 1.88 bits per heavy atom. The zero-order valence-corrected chi connectivity index (χ0v) is 13.0. The number of nitrogens with zero attached hydrogens (tertiary/aromatic N) is 2. The summed E-state index contributed by atoms with van der Waals surface area (Å²) in [5, 5.41) is 10.7. The first-order valence-electron chi connectivity index (χ1n) is 7.33. The van der Waals surface area contributed by atoms with Crippen molar-refractivity contribution in [3.05, 3.63) is 77.2 Å². The monoisotopic (exact) mass is 322 g/mol. The predicted octanol–water partition coefficient (Wildman–Crippen LogP) is 3.29. The summed E-state index contributed by atoms with van der Waals surface area (Å²) >= 11 is 0. The molecule has 1 aromatic heterocycles. The number of rotatable bonds is 4. The summed E-state index contributed by atoms with van der Waals surface area (Å²) in [5.41, 5.74) is 6.15. The lowest BCUT2D eigenvalue weighted by Crippen LogP contribution is -2.17. The third-order valence-electron chi connectivity index (χ3n) is 3.42. The van der Waals surface area contributed by atoms with Gasteiger partial charge in [-0.2, -0.15) is 10.2 Å². The first-order chi connectivity index (χ1) is 11.6. The van der Waals surface area contributed by atoms with Crippen LogP contribution in [0, 0.1) is 12.7 Å². The average molecular weight is 322 g/mol. The molecule has 0 saturated carbocycles. The van der Waals surface area contributed by atoms with Crippen LogP contribution in [0.15, 0.2) is 59.7 Å². The van der Waals surface area contributed by atoms with Crippen molar-refractivity contribution < 1.29 is 9.18 Å². The molecule has 5 nitrogen and oxygen atoms in total. The topological polar surface area (TPSA) is 70.1 Å². The van der Waals surface area contributed by atoms with Crippen LogP contribution in [0.1, 0.15) is 21.6 Å². The minimum absolute atomic E-state index is 0.307. The summed E-state index contributed by atoms with van der Waals surface area (Å²) < 4.78 is 12.8. The Balaban J connectivity index is 1.65. The molecule has 2 aromatic carbocycles. The molecule has 1 amide bonds. The minimum atomic E-state index is -0.403. The van der Waals surface area contributed by atoms with E-state index in [2.05, 4.69) is 20.7 Å². The molecule has 3 aromatic rings. The number of amides is 1. The van der Waals surface area contributed by atoms with Crippen molar-refractivity contribution in [2.45, 2.75) is 6.92 Å². The van der Waals surface area contributed by atoms with E-state index in [0.29, 0.717) is 17.0 Å². The fourth-order valence-corrected chi connectivity index (χ4v) is 2.08. The molecule has 0 aliphatic carbocycles. The van der Waals surface area contributed by atoms with Gasteiger partial charge in [0.25, 0.3) is 5.91 Å². The number of nitrogens with one attached hydrogen (secondary N) is 2. The molecule has 0 saturated heterocycles. The maximum atomic E-state index is 12.8. The van der Waals surface area contributed by atoms with Gasteiger partial charge in [0, 0.05) is 5.56 Å². The highest BCUT2D eigenvalue weighted by Crippen LogP contribution is 2.18. The van der Waals surface area contributed by atoms with E-state index in [-0.39, 0.29) is 5.82 Å². The largest absolute Gasteiger partial charge is 0.289 e. The van der Waals surface area contributed by atoms with E-state index in [1.807, 2.05) is 31.2 Å². The number of benzene rings is 2. The Hall–Kier alpha value is -3.28. The molecule has 0 aliphatic heterocycles. The molecule has 0 spiro atoms. The van der Waals surface area contributed by atoms with Gasteiger partial charge in [0.05, 0.1) is 11.9 Å². The van der Waals surface area contributed by atoms with Crippen LogP contribution in [0.3, 0.4) is 0 Å². The quantitative estimate of drug-likeness (QED) is 0.571. The smallest absolute Gasteiger partial charge is 0.272 e. The van der Waals surface area contributed by atoms with Crippen molar-refractivity contribution in [2.75, 3.05) is 0 Å². The first kappa shape index (κ1) is 15.6. The Morgan fingerprint density at radius 1 is 1.17 bits per heavy atom. The number of aromatic amines is 1. The number of H-pyrrole nitrogens is 1. The van der Waals surface area contributed by atoms with Gasteiger partial charge in [0.1, 0.15) is 11.5 Å². The van der Waals surface area contributed by atoms with E-state index in [1.54, 1.807) is 18.2 Å². The summed E-state index contributed by atoms with van der Waals surface area (Å²) in [6.45, 7) is 2.01. The lowest BCUT2D eigenvalue weighted by molar-refractivity contribution is 0.0950. The van der Waals surface area contributed by atoms with Crippen LogP contribution in [0.25, 0.3) is 11.3 Å². The molecule has 1 heterocycles. The number of carbonyl (C=O) groups is 1. The Bertz CT molecular complexity index is 867. The number of halogens is 1. The molecule has 120 valence electrons. The molecule has 0 aliphatic rings. The number of aryl methyl sites for hydroxylation is 1. The van der Waals surface area contributed by atoms with Crippen LogP contribution < -0.4 is 5.43 Å². The highest BCUT2D eigenvalue weighted by molar-refractivity contribution is 5.94. The number of hydrazone groups is 1. The van der Waals surface area contributed by atoms with E-state index < -0.39 is 5.91 Å². The molecule has 24 heavy (non-hydrogen) atoms. The molecule has 2 N–H and O–H groups in total. The van der Waals surface area contributed by atoms with E-state index in [9.17, 15) is 9.18 Å². The van der Waals surface area contributed by atoms with Crippen molar-refractivity contribution in [1.82, 2.24) is 15.6 Å². The number of hydrogen-bond acceptors (Lipinski definition) is 3. The zero-order chi connectivity index (χ0) is 16.9. The van der Waals surface area contributed by atoms with Gasteiger partial charge in [-0.25, -0.2) is 9.82 Å². The summed E-state index contributed by atoms with van der Waals surface area (Å²) in [6, 6.07) is 15.3. The summed E-state index contributed by atoms with van der Waals surface area (Å²) in [7, 11) is 0. The van der Waals surface area contributed by atoms with Crippen molar-refractivity contribution in [1.29, 1.82) is 0 Å². The minimum Gasteiger partial charge on any atom is -0.272 e. The fraction of sp³-hybridized carbons (Fsp3) is 0.0556. The molecule has 3 rings (SSSR count). The summed E-state index contributed by atoms with van der Waals surface area (Å²) in [6.07, 6.45) is 1.44. The molecule has 0 radical (unpaired) electrons. The molecule has 0 bridgehead atoms. The lowest BCUT2D eigenvalue weighted by Gasteiger charge is -1.97. The predicted molar refractivity (Wildman–Crippen MR) is 90.2 cm³/mol. The standard InChI is InChI=1S/C18H15FN4O/c1-12-2-6-14(7-3-12)16-10-17(22-21-16)18(24)23-20-11-13-4-8-15(19)9-5-13/h2-11H,1H3,(H,21,22)(H,23,24)/b20-11+. The number of aromatic nitrogens is 2. The van der Waals surface area contributed by atoms with Gasteiger partial charge >= 0.3 is 0 Å². The van der Waals surface area contributed by atoms with Gasteiger partial charge in [-0.3, -0.25) is 9.89 Å². The Labute approximate surface area is 138 Å². The average Bonchev–Trinajstić information content (AvgIpc) is 3.07. The number of carbonyl (C=O) groups excluding carboxylic acids is 1. The van der Waals surface area contributed by atoms with Crippen LogP contribution in [-0.4, -0.2) is 22.3 Å². The van der Waals surface area contributed by atoms with Crippen LogP contribution in [0.4, 0.5) is 4.39 Å². The van der Waals surface area contributed by atoms with Gasteiger partial charge < -0.3 is 0 Å². The number of hydrogen-bond donors (Lipinski definition) is 2. The van der Waals surface area contributed by atoms with E-state index in [4.69, 9.17) is 0 Å². The van der Waals surface area contributed by atoms with Crippen molar-refractivity contribution in [3.8, 4) is 11.3 Å². The van der Waals surface area contributed by atoms with E-state index in [0.717, 1.165) is 11.1 Å². The third-order valence-corrected chi connectivity index (χ3v) is 3.42. The summed E-state index contributed by atoms with van der Waals surface area (Å²) in [5.74, 6) is -0.725. The zero-order valence-electron chi connectivity index (χ0n) is 13.0. The van der Waals surface area contributed by atoms with Crippen molar-refractivity contribution in [2.24, 2.45) is 5.10 Å².